The van der Waals surface area contributed by atoms with Gasteiger partial charge >= 0.3 is 0 Å². The van der Waals surface area contributed by atoms with Crippen LogP contribution in [0.4, 0.5) is 0 Å². The van der Waals surface area contributed by atoms with Gasteiger partial charge in [0.2, 0.25) is 0 Å². The van der Waals surface area contributed by atoms with Gasteiger partial charge in [0, 0.05) is 11.6 Å². The summed E-state index contributed by atoms with van der Waals surface area (Å²) in [6.07, 6.45) is 1.56. The van der Waals surface area contributed by atoms with Crippen LogP contribution in [0.5, 0.6) is 5.75 Å². The Kier molecular flexibility index (Phi) is 4.14. The molecule has 1 heterocycles. The molecule has 1 aliphatic rings. The molecule has 0 amide bonds. The fourth-order valence-corrected chi connectivity index (χ4v) is 4.16. The molecule has 1 N–H and O–H groups in total. The third-order valence-corrected chi connectivity index (χ3v) is 5.49. The third kappa shape index (κ3) is 2.79. The first-order valence-corrected chi connectivity index (χ1v) is 7.75. The molecule has 6 heteroatoms. The van der Waals surface area contributed by atoms with Crippen LogP contribution in [-0.2, 0) is 9.84 Å². The van der Waals surface area contributed by atoms with E-state index in [1.807, 2.05) is 0 Å². The summed E-state index contributed by atoms with van der Waals surface area (Å²) in [5.41, 5.74) is 0. The second-order valence-electron chi connectivity index (χ2n) is 4.34. The summed E-state index contributed by atoms with van der Waals surface area (Å²) in [7, 11) is -1.85. The predicted molar refractivity (Wildman–Crippen MR) is 71.1 cm³/mol. The first kappa shape index (κ1) is 13.6. The molecule has 1 unspecified atom stereocenters. The number of hydrogen-bond donors (Lipinski definition) is 1. The third-order valence-electron chi connectivity index (χ3n) is 3.10. The lowest BCUT2D eigenvalue weighted by atomic mass is 10.2. The van der Waals surface area contributed by atoms with Gasteiger partial charge < -0.3 is 10.1 Å². The maximum atomic E-state index is 12.5. The summed E-state index contributed by atoms with van der Waals surface area (Å²) < 4.78 is 30.0. The molecular formula is C12H16ClNO3S. The van der Waals surface area contributed by atoms with Crippen LogP contribution in [0.15, 0.2) is 23.1 Å². The van der Waals surface area contributed by atoms with Gasteiger partial charge in [-0.2, -0.15) is 0 Å². The minimum absolute atomic E-state index is 0.237. The van der Waals surface area contributed by atoms with Crippen molar-refractivity contribution < 1.29 is 13.2 Å². The summed E-state index contributed by atoms with van der Waals surface area (Å²) in [6.45, 7) is 1.38. The molecule has 18 heavy (non-hydrogen) atoms. The van der Waals surface area contributed by atoms with Crippen LogP contribution < -0.4 is 10.1 Å². The fraction of sp³-hybridized carbons (Fsp3) is 0.500. The summed E-state index contributed by atoms with van der Waals surface area (Å²) in [5, 5.41) is 3.10. The van der Waals surface area contributed by atoms with Crippen molar-refractivity contribution in [2.45, 2.75) is 23.0 Å². The van der Waals surface area contributed by atoms with Crippen LogP contribution in [0.25, 0.3) is 0 Å². The number of benzene rings is 1. The Hall–Kier alpha value is -0.780. The van der Waals surface area contributed by atoms with Crippen molar-refractivity contribution in [1.29, 1.82) is 0 Å². The van der Waals surface area contributed by atoms with Gasteiger partial charge in [0.15, 0.2) is 9.84 Å². The van der Waals surface area contributed by atoms with Crippen LogP contribution in [0, 0.1) is 0 Å². The fourth-order valence-electron chi connectivity index (χ4n) is 2.10. The van der Waals surface area contributed by atoms with E-state index in [1.165, 1.54) is 19.2 Å². The zero-order chi connectivity index (χ0) is 13.2. The Bertz CT molecular complexity index is 524. The molecule has 0 bridgehead atoms. The van der Waals surface area contributed by atoms with E-state index in [1.54, 1.807) is 6.07 Å². The van der Waals surface area contributed by atoms with Crippen LogP contribution in [0.1, 0.15) is 12.8 Å². The number of methoxy groups -OCH3 is 1. The molecule has 1 saturated heterocycles. The van der Waals surface area contributed by atoms with Gasteiger partial charge in [0.05, 0.1) is 17.3 Å². The number of piperidine rings is 1. The maximum absolute atomic E-state index is 12.5. The molecule has 1 fully saturated rings. The quantitative estimate of drug-likeness (QED) is 0.923. The maximum Gasteiger partial charge on any atom is 0.182 e. The number of ether oxygens (including phenoxy) is 1. The second-order valence-corrected chi connectivity index (χ2v) is 7.00. The van der Waals surface area contributed by atoms with E-state index in [4.69, 9.17) is 16.3 Å². The first-order valence-electron chi connectivity index (χ1n) is 5.83. The van der Waals surface area contributed by atoms with Crippen LogP contribution in [-0.4, -0.2) is 33.9 Å². The summed E-state index contributed by atoms with van der Waals surface area (Å²) in [6, 6.07) is 4.60. The first-order chi connectivity index (χ1) is 8.54. The molecule has 0 aliphatic carbocycles. The van der Waals surface area contributed by atoms with Crippen molar-refractivity contribution in [3.05, 3.63) is 23.2 Å². The van der Waals surface area contributed by atoms with Crippen molar-refractivity contribution in [2.24, 2.45) is 0 Å². The predicted octanol–water partition coefficient (Wildman–Crippen LogP) is 1.87. The van der Waals surface area contributed by atoms with Gasteiger partial charge in [-0.05, 0) is 37.6 Å². The number of hydrogen-bond acceptors (Lipinski definition) is 4. The average Bonchev–Trinajstić information content (AvgIpc) is 2.39. The molecule has 0 saturated carbocycles. The SMILES string of the molecule is COc1cc(Cl)cc(S(=O)(=O)C2CCCNC2)c1. The number of sulfone groups is 1. The van der Waals surface area contributed by atoms with Gasteiger partial charge in [-0.1, -0.05) is 11.6 Å². The highest BCUT2D eigenvalue weighted by Gasteiger charge is 2.29. The molecule has 100 valence electrons. The van der Waals surface area contributed by atoms with E-state index in [9.17, 15) is 8.42 Å². The van der Waals surface area contributed by atoms with E-state index in [-0.39, 0.29) is 10.1 Å². The van der Waals surface area contributed by atoms with Crippen LogP contribution in [0.2, 0.25) is 5.02 Å². The molecule has 0 spiro atoms. The molecule has 0 radical (unpaired) electrons. The Balaban J connectivity index is 2.36. The molecule has 1 aromatic carbocycles. The van der Waals surface area contributed by atoms with Crippen molar-refractivity contribution in [3.63, 3.8) is 0 Å². The molecular weight excluding hydrogens is 274 g/mol. The van der Waals surface area contributed by atoms with Gasteiger partial charge in [0.25, 0.3) is 0 Å². The Labute approximate surface area is 112 Å². The average molecular weight is 290 g/mol. The van der Waals surface area contributed by atoms with Gasteiger partial charge in [-0.3, -0.25) is 0 Å². The van der Waals surface area contributed by atoms with Crippen molar-refractivity contribution in [3.8, 4) is 5.75 Å². The zero-order valence-corrected chi connectivity index (χ0v) is 11.7. The monoisotopic (exact) mass is 289 g/mol. The van der Waals surface area contributed by atoms with Gasteiger partial charge in [0.1, 0.15) is 5.75 Å². The topological polar surface area (TPSA) is 55.4 Å². The normalized spacial score (nSPS) is 20.7. The molecule has 0 aromatic heterocycles. The van der Waals surface area contributed by atoms with Gasteiger partial charge in [-0.25, -0.2) is 8.42 Å². The van der Waals surface area contributed by atoms with E-state index < -0.39 is 9.84 Å². The Morgan fingerprint density at radius 2 is 2.17 bits per heavy atom. The molecule has 2 rings (SSSR count). The highest BCUT2D eigenvalue weighted by molar-refractivity contribution is 7.92. The smallest absolute Gasteiger partial charge is 0.182 e. The lowest BCUT2D eigenvalue weighted by Crippen LogP contribution is -2.38. The summed E-state index contributed by atoms with van der Waals surface area (Å²) in [4.78, 5) is 0.237. The summed E-state index contributed by atoms with van der Waals surface area (Å²) >= 11 is 5.91. The van der Waals surface area contributed by atoms with E-state index in [0.717, 1.165) is 13.0 Å². The lowest BCUT2D eigenvalue weighted by molar-refractivity contribution is 0.413. The van der Waals surface area contributed by atoms with Crippen molar-refractivity contribution in [2.75, 3.05) is 20.2 Å². The number of rotatable bonds is 3. The molecule has 4 nitrogen and oxygen atoms in total. The Morgan fingerprint density at radius 1 is 1.39 bits per heavy atom. The van der Waals surface area contributed by atoms with E-state index >= 15 is 0 Å². The number of halogens is 1. The van der Waals surface area contributed by atoms with E-state index in [0.29, 0.717) is 23.7 Å². The standard InChI is InChI=1S/C12H16ClNO3S/c1-17-10-5-9(13)6-12(7-10)18(15,16)11-3-2-4-14-8-11/h5-7,11,14H,2-4,8H2,1H3. The van der Waals surface area contributed by atoms with Crippen LogP contribution >= 0.6 is 11.6 Å². The van der Waals surface area contributed by atoms with Crippen molar-refractivity contribution >= 4 is 21.4 Å². The highest BCUT2D eigenvalue weighted by atomic mass is 35.5. The highest BCUT2D eigenvalue weighted by Crippen LogP contribution is 2.28. The van der Waals surface area contributed by atoms with E-state index in [2.05, 4.69) is 5.32 Å². The van der Waals surface area contributed by atoms with Crippen LogP contribution in [0.3, 0.4) is 0 Å². The minimum atomic E-state index is -3.34. The number of nitrogens with one attached hydrogen (secondary N) is 1. The molecule has 1 aromatic rings. The Morgan fingerprint density at radius 3 is 2.78 bits per heavy atom. The largest absolute Gasteiger partial charge is 0.497 e. The summed E-state index contributed by atoms with van der Waals surface area (Å²) in [5.74, 6) is 0.463. The molecule has 1 atom stereocenters. The second kappa shape index (κ2) is 5.47. The zero-order valence-electron chi connectivity index (χ0n) is 10.1. The lowest BCUT2D eigenvalue weighted by Gasteiger charge is -2.23. The van der Waals surface area contributed by atoms with Crippen molar-refractivity contribution in [1.82, 2.24) is 5.32 Å². The molecule has 1 aliphatic heterocycles. The van der Waals surface area contributed by atoms with Gasteiger partial charge in [-0.15, -0.1) is 0 Å². The minimum Gasteiger partial charge on any atom is -0.497 e.